The molecule has 4 rings (SSSR count). The monoisotopic (exact) mass is 667 g/mol. The van der Waals surface area contributed by atoms with Crippen molar-refractivity contribution in [2.75, 3.05) is 10.6 Å². The molecule has 41 heavy (non-hydrogen) atoms. The number of anilines is 2. The Balaban J connectivity index is 1.73. The summed E-state index contributed by atoms with van der Waals surface area (Å²) in [6.45, 7) is 0. The molecular formula is C28H18IN3O9. The molecule has 0 atom stereocenters. The molecule has 4 aromatic carbocycles. The molecule has 4 N–H and O–H groups in total. The van der Waals surface area contributed by atoms with Gasteiger partial charge in [-0.2, -0.15) is 0 Å². The number of non-ortho nitro benzene ring substituents is 1. The van der Waals surface area contributed by atoms with Crippen molar-refractivity contribution in [2.45, 2.75) is 0 Å². The number of ether oxygens (including phenoxy) is 1. The Kier molecular flexibility index (Phi) is 8.57. The molecule has 0 saturated carbocycles. The number of hydrogen-bond donors (Lipinski definition) is 4. The van der Waals surface area contributed by atoms with Gasteiger partial charge in [0.2, 0.25) is 0 Å². The van der Waals surface area contributed by atoms with Crippen molar-refractivity contribution in [3.8, 4) is 11.5 Å². The Morgan fingerprint density at radius 3 is 2.10 bits per heavy atom. The third kappa shape index (κ3) is 6.83. The first-order valence-corrected chi connectivity index (χ1v) is 12.7. The van der Waals surface area contributed by atoms with Gasteiger partial charge in [-0.25, -0.2) is 9.59 Å². The minimum absolute atomic E-state index is 0.0426. The molecule has 0 fully saturated rings. The number of nitrogens with one attached hydrogen (secondary N) is 2. The zero-order valence-electron chi connectivity index (χ0n) is 20.7. The van der Waals surface area contributed by atoms with Crippen molar-refractivity contribution in [3.05, 3.63) is 121 Å². The van der Waals surface area contributed by atoms with Gasteiger partial charge in [-0.1, -0.05) is 12.1 Å². The standard InChI is InChI=1S/C28H18IN3O9/c29-17-9-7-15(8-10-17)25(33)30-18-11-12-22(41-23-6-2-5-20(27(35)36)24(23)28(37)38)21(14-18)31-26(34)16-3-1-4-19(13-16)32(39)40/h1-14H,(H,30,33)(H,31,34)(H,35,36)(H,37,38). The molecule has 0 saturated heterocycles. The minimum atomic E-state index is -1.55. The van der Waals surface area contributed by atoms with E-state index in [0.717, 1.165) is 15.7 Å². The first-order chi connectivity index (χ1) is 19.5. The Labute approximate surface area is 244 Å². The van der Waals surface area contributed by atoms with Crippen molar-refractivity contribution >= 4 is 63.4 Å². The number of nitro groups is 1. The molecular weight excluding hydrogens is 649 g/mol. The van der Waals surface area contributed by atoms with E-state index < -0.39 is 39.8 Å². The highest BCUT2D eigenvalue weighted by Gasteiger charge is 2.23. The van der Waals surface area contributed by atoms with Crippen LogP contribution >= 0.6 is 22.6 Å². The van der Waals surface area contributed by atoms with Crippen molar-refractivity contribution < 1.29 is 39.1 Å². The van der Waals surface area contributed by atoms with E-state index in [0.29, 0.717) is 5.56 Å². The van der Waals surface area contributed by atoms with Gasteiger partial charge in [0.15, 0.2) is 5.75 Å². The molecule has 2 amide bonds. The minimum Gasteiger partial charge on any atom is -0.478 e. The first kappa shape index (κ1) is 28.7. The lowest BCUT2D eigenvalue weighted by Gasteiger charge is -2.16. The lowest BCUT2D eigenvalue weighted by molar-refractivity contribution is -0.384. The van der Waals surface area contributed by atoms with Crippen LogP contribution in [0.1, 0.15) is 41.4 Å². The number of hydrogen-bond acceptors (Lipinski definition) is 7. The van der Waals surface area contributed by atoms with E-state index in [1.807, 2.05) is 0 Å². The topological polar surface area (TPSA) is 185 Å². The maximum Gasteiger partial charge on any atom is 0.340 e. The lowest BCUT2D eigenvalue weighted by atomic mass is 10.1. The van der Waals surface area contributed by atoms with Crippen LogP contribution in [0.2, 0.25) is 0 Å². The SMILES string of the molecule is O=C(Nc1ccc(Oc2cccc(C(=O)O)c2C(=O)O)c(NC(=O)c2cccc([N+](=O)[O-])c2)c1)c1ccc(I)cc1. The number of rotatable bonds is 9. The zero-order chi connectivity index (χ0) is 29.7. The molecule has 0 spiro atoms. The van der Waals surface area contributed by atoms with Gasteiger partial charge in [-0.15, -0.1) is 0 Å². The van der Waals surface area contributed by atoms with Crippen LogP contribution < -0.4 is 15.4 Å². The van der Waals surface area contributed by atoms with Crippen LogP contribution in [0.15, 0.2) is 84.9 Å². The zero-order valence-corrected chi connectivity index (χ0v) is 22.8. The summed E-state index contributed by atoms with van der Waals surface area (Å²) >= 11 is 2.10. The molecule has 13 heteroatoms. The predicted octanol–water partition coefficient (Wildman–Crippen LogP) is 5.89. The van der Waals surface area contributed by atoms with Crippen LogP contribution in [-0.2, 0) is 0 Å². The van der Waals surface area contributed by atoms with Crippen LogP contribution in [-0.4, -0.2) is 38.9 Å². The molecule has 0 heterocycles. The Bertz CT molecular complexity index is 1700. The maximum absolute atomic E-state index is 13.0. The number of carbonyl (C=O) groups is 4. The van der Waals surface area contributed by atoms with Crippen LogP contribution in [0.4, 0.5) is 17.1 Å². The number of carboxylic acids is 2. The molecule has 0 radical (unpaired) electrons. The number of carboxylic acid groups (broad SMARTS) is 2. The predicted molar refractivity (Wildman–Crippen MR) is 155 cm³/mol. The first-order valence-electron chi connectivity index (χ1n) is 11.6. The second-order valence-electron chi connectivity index (χ2n) is 8.32. The Morgan fingerprint density at radius 2 is 1.44 bits per heavy atom. The molecule has 0 aromatic heterocycles. The highest BCUT2D eigenvalue weighted by Crippen LogP contribution is 2.35. The van der Waals surface area contributed by atoms with Gasteiger partial charge in [0, 0.05) is 32.5 Å². The third-order valence-electron chi connectivity index (χ3n) is 5.60. The Hall–Kier alpha value is -5.31. The number of halogens is 1. The number of benzene rings is 4. The molecule has 206 valence electrons. The lowest BCUT2D eigenvalue weighted by Crippen LogP contribution is -2.15. The maximum atomic E-state index is 13.0. The van der Waals surface area contributed by atoms with E-state index in [-0.39, 0.29) is 34.1 Å². The van der Waals surface area contributed by atoms with E-state index in [1.165, 1.54) is 48.5 Å². The van der Waals surface area contributed by atoms with Gasteiger partial charge >= 0.3 is 11.9 Å². The summed E-state index contributed by atoms with van der Waals surface area (Å²) in [7, 11) is 0. The summed E-state index contributed by atoms with van der Waals surface area (Å²) in [4.78, 5) is 59.8. The van der Waals surface area contributed by atoms with Crippen molar-refractivity contribution in [1.29, 1.82) is 0 Å². The molecule has 4 aromatic rings. The van der Waals surface area contributed by atoms with E-state index in [4.69, 9.17) is 4.74 Å². The van der Waals surface area contributed by atoms with Crippen molar-refractivity contribution in [1.82, 2.24) is 0 Å². The highest BCUT2D eigenvalue weighted by atomic mass is 127. The fourth-order valence-electron chi connectivity index (χ4n) is 3.69. The molecule has 0 unspecified atom stereocenters. The van der Waals surface area contributed by atoms with Crippen LogP contribution in [0, 0.1) is 13.7 Å². The normalized spacial score (nSPS) is 10.4. The number of amides is 2. The van der Waals surface area contributed by atoms with E-state index in [9.17, 15) is 39.5 Å². The number of nitrogens with zero attached hydrogens (tertiary/aromatic N) is 1. The quantitative estimate of drug-likeness (QED) is 0.0959. The largest absolute Gasteiger partial charge is 0.478 e. The summed E-state index contributed by atoms with van der Waals surface area (Å²) in [5.74, 6) is -4.67. The highest BCUT2D eigenvalue weighted by molar-refractivity contribution is 14.1. The molecule has 0 aliphatic carbocycles. The third-order valence-corrected chi connectivity index (χ3v) is 6.32. The number of aromatic carboxylic acids is 2. The summed E-state index contributed by atoms with van der Waals surface area (Å²) in [6, 6.07) is 19.5. The molecule has 0 aliphatic heterocycles. The van der Waals surface area contributed by atoms with E-state index >= 15 is 0 Å². The summed E-state index contributed by atoms with van der Waals surface area (Å²) in [5.41, 5.74) is -0.955. The van der Waals surface area contributed by atoms with Gasteiger partial charge in [0.25, 0.3) is 17.5 Å². The number of carbonyl (C=O) groups excluding carboxylic acids is 2. The van der Waals surface area contributed by atoms with Crippen LogP contribution in [0.3, 0.4) is 0 Å². The number of nitro benzene ring substituents is 1. The average Bonchev–Trinajstić information content (AvgIpc) is 2.94. The van der Waals surface area contributed by atoms with Gasteiger partial charge in [-0.05, 0) is 83.3 Å². The average molecular weight is 667 g/mol. The fraction of sp³-hybridized carbons (Fsp3) is 0. The van der Waals surface area contributed by atoms with E-state index in [1.54, 1.807) is 24.3 Å². The van der Waals surface area contributed by atoms with Crippen molar-refractivity contribution in [2.24, 2.45) is 0 Å². The second kappa shape index (κ2) is 12.3. The summed E-state index contributed by atoms with van der Waals surface area (Å²) < 4.78 is 6.70. The molecule has 12 nitrogen and oxygen atoms in total. The van der Waals surface area contributed by atoms with Gasteiger partial charge < -0.3 is 25.6 Å². The molecule has 0 aliphatic rings. The second-order valence-corrected chi connectivity index (χ2v) is 9.57. The summed E-state index contributed by atoms with van der Waals surface area (Å²) in [6.07, 6.45) is 0. The van der Waals surface area contributed by atoms with Gasteiger partial charge in [0.1, 0.15) is 11.3 Å². The Morgan fingerprint density at radius 1 is 0.756 bits per heavy atom. The van der Waals surface area contributed by atoms with Gasteiger partial charge in [0.05, 0.1) is 16.2 Å². The van der Waals surface area contributed by atoms with Gasteiger partial charge in [-0.3, -0.25) is 19.7 Å². The van der Waals surface area contributed by atoms with E-state index in [2.05, 4.69) is 33.2 Å². The summed E-state index contributed by atoms with van der Waals surface area (Å²) in [5, 5.41) is 35.5. The smallest absolute Gasteiger partial charge is 0.340 e. The fourth-order valence-corrected chi connectivity index (χ4v) is 4.05. The van der Waals surface area contributed by atoms with Crippen LogP contribution in [0.25, 0.3) is 0 Å². The molecule has 0 bridgehead atoms. The van der Waals surface area contributed by atoms with Crippen molar-refractivity contribution in [3.63, 3.8) is 0 Å². The van der Waals surface area contributed by atoms with Crippen LogP contribution in [0.5, 0.6) is 11.5 Å².